The summed E-state index contributed by atoms with van der Waals surface area (Å²) in [5.74, 6) is 1.30. The zero-order valence-electron chi connectivity index (χ0n) is 20.5. The van der Waals surface area contributed by atoms with Crippen molar-refractivity contribution in [2.75, 3.05) is 6.61 Å². The van der Waals surface area contributed by atoms with Crippen LogP contribution < -0.4 is 14.8 Å². The highest BCUT2D eigenvalue weighted by Crippen LogP contribution is 2.27. The van der Waals surface area contributed by atoms with Crippen molar-refractivity contribution in [2.45, 2.75) is 13.3 Å². The van der Waals surface area contributed by atoms with Gasteiger partial charge in [0.15, 0.2) is 5.82 Å². The summed E-state index contributed by atoms with van der Waals surface area (Å²) >= 11 is 2.95. The number of hydrogen-bond donors (Lipinski definition) is 0. The number of ether oxygens (including phenoxy) is 1. The molecule has 4 heterocycles. The second kappa shape index (κ2) is 10.6. The highest BCUT2D eigenvalue weighted by Gasteiger charge is 2.14. The average Bonchev–Trinajstić information content (AvgIpc) is 3.74. The quantitative estimate of drug-likeness (QED) is 0.254. The van der Waals surface area contributed by atoms with Gasteiger partial charge in [0.25, 0.3) is 5.56 Å². The molecule has 0 fully saturated rings. The second-order valence-electron chi connectivity index (χ2n) is 8.52. The molecule has 0 bridgehead atoms. The fourth-order valence-electron chi connectivity index (χ4n) is 3.99. The van der Waals surface area contributed by atoms with E-state index >= 15 is 0 Å². The molecular weight excluding hydrogens is 514 g/mol. The maximum atomic E-state index is 13.2. The van der Waals surface area contributed by atoms with Crippen molar-refractivity contribution in [1.82, 2.24) is 24.4 Å². The number of benzene rings is 2. The molecule has 38 heavy (non-hydrogen) atoms. The van der Waals surface area contributed by atoms with Gasteiger partial charge in [0.2, 0.25) is 4.96 Å². The number of nitrogens with zero attached hydrogens (tertiary/aromatic N) is 5. The molecule has 0 amide bonds. The number of para-hydroxylation sites is 1. The second-order valence-corrected chi connectivity index (χ2v) is 10.5. The first kappa shape index (κ1) is 24.0. The molecule has 188 valence electrons. The Balaban J connectivity index is 1.42. The summed E-state index contributed by atoms with van der Waals surface area (Å²) in [4.78, 5) is 19.4. The summed E-state index contributed by atoms with van der Waals surface area (Å²) in [6.07, 6.45) is 8.51. The van der Waals surface area contributed by atoms with Crippen LogP contribution in [0.3, 0.4) is 0 Å². The van der Waals surface area contributed by atoms with Crippen molar-refractivity contribution >= 4 is 45.9 Å². The summed E-state index contributed by atoms with van der Waals surface area (Å²) in [6.45, 7) is 2.72. The van der Waals surface area contributed by atoms with Crippen molar-refractivity contribution in [3.63, 3.8) is 0 Å². The third-order valence-electron chi connectivity index (χ3n) is 5.77. The van der Waals surface area contributed by atoms with Crippen LogP contribution in [-0.2, 0) is 0 Å². The Morgan fingerprint density at radius 3 is 2.68 bits per heavy atom. The minimum Gasteiger partial charge on any atom is -0.494 e. The number of aromatic nitrogens is 5. The van der Waals surface area contributed by atoms with E-state index in [1.807, 2.05) is 101 Å². The average molecular weight is 538 g/mol. The molecule has 6 rings (SSSR count). The van der Waals surface area contributed by atoms with Crippen molar-refractivity contribution in [2.24, 2.45) is 0 Å². The Labute approximate surface area is 226 Å². The Kier molecular flexibility index (Phi) is 6.68. The maximum Gasteiger partial charge on any atom is 0.291 e. The lowest BCUT2D eigenvalue weighted by molar-refractivity contribution is 0.317. The summed E-state index contributed by atoms with van der Waals surface area (Å²) in [5, 5.41) is 11.3. The third kappa shape index (κ3) is 4.93. The van der Waals surface area contributed by atoms with E-state index in [1.54, 1.807) is 11.3 Å². The van der Waals surface area contributed by atoms with Gasteiger partial charge < -0.3 is 4.74 Å². The van der Waals surface area contributed by atoms with Crippen LogP contribution in [0.15, 0.2) is 83.1 Å². The van der Waals surface area contributed by atoms with Crippen molar-refractivity contribution in [3.05, 3.63) is 109 Å². The van der Waals surface area contributed by atoms with Gasteiger partial charge in [-0.1, -0.05) is 54.7 Å². The predicted octanol–water partition coefficient (Wildman–Crippen LogP) is 5.57. The van der Waals surface area contributed by atoms with E-state index in [0.717, 1.165) is 39.6 Å². The van der Waals surface area contributed by atoms with Gasteiger partial charge in [-0.25, -0.2) is 4.68 Å². The molecule has 7 nitrogen and oxygen atoms in total. The van der Waals surface area contributed by atoms with Crippen molar-refractivity contribution in [3.8, 4) is 22.7 Å². The highest BCUT2D eigenvalue weighted by atomic mass is 32.1. The molecule has 2 aromatic carbocycles. The molecule has 0 unspecified atom stereocenters. The van der Waals surface area contributed by atoms with Crippen LogP contribution in [0.2, 0.25) is 0 Å². The van der Waals surface area contributed by atoms with Gasteiger partial charge in [0, 0.05) is 22.2 Å². The molecular formula is C29H23N5O2S2. The van der Waals surface area contributed by atoms with E-state index in [2.05, 4.69) is 17.0 Å². The number of hydrogen-bond acceptors (Lipinski definition) is 7. The first-order chi connectivity index (χ1) is 18.7. The van der Waals surface area contributed by atoms with E-state index in [-0.39, 0.29) is 5.56 Å². The Morgan fingerprint density at radius 1 is 1.00 bits per heavy atom. The van der Waals surface area contributed by atoms with Crippen LogP contribution in [0, 0.1) is 0 Å². The number of thiophene rings is 1. The van der Waals surface area contributed by atoms with Crippen LogP contribution in [0.25, 0.3) is 40.1 Å². The first-order valence-corrected chi connectivity index (χ1v) is 13.9. The van der Waals surface area contributed by atoms with E-state index in [9.17, 15) is 4.79 Å². The normalized spacial score (nSPS) is 12.2. The summed E-state index contributed by atoms with van der Waals surface area (Å²) < 4.78 is 9.59. The molecule has 0 aliphatic heterocycles. The third-order valence-corrected chi connectivity index (χ3v) is 7.57. The first-order valence-electron chi connectivity index (χ1n) is 12.2. The highest BCUT2D eigenvalue weighted by molar-refractivity contribution is 7.15. The molecule has 0 saturated heterocycles. The van der Waals surface area contributed by atoms with Gasteiger partial charge in [-0.3, -0.25) is 4.79 Å². The van der Waals surface area contributed by atoms with Gasteiger partial charge in [0.1, 0.15) is 11.4 Å². The lowest BCUT2D eigenvalue weighted by atomic mass is 10.1. The molecule has 9 heteroatoms. The zero-order valence-corrected chi connectivity index (χ0v) is 22.2. The predicted molar refractivity (Wildman–Crippen MR) is 154 cm³/mol. The van der Waals surface area contributed by atoms with Gasteiger partial charge in [-0.05, 0) is 60.4 Å². The molecule has 0 N–H and O–H groups in total. The topological polar surface area (TPSA) is 74.3 Å². The van der Waals surface area contributed by atoms with Crippen LogP contribution in [0.1, 0.15) is 29.6 Å². The van der Waals surface area contributed by atoms with E-state index in [4.69, 9.17) is 9.84 Å². The monoisotopic (exact) mass is 537 g/mol. The lowest BCUT2D eigenvalue weighted by Crippen LogP contribution is -2.23. The minimum atomic E-state index is -0.202. The van der Waals surface area contributed by atoms with Gasteiger partial charge in [-0.15, -0.1) is 16.4 Å². The summed E-state index contributed by atoms with van der Waals surface area (Å²) in [7, 11) is 0. The standard InChI is InChI=1S/C29H23N5O2S2/c1-2-15-36-23-11-6-8-20(17-23)27-21(19-33(32-27)22-9-4-3-5-10-22)18-25-28(35)34-29(38-25)30-26(31-34)14-13-24-12-7-16-37-24/h3-14,16-19H,2,15H2,1H3/b14-13+,25-18-. The fourth-order valence-corrected chi connectivity index (χ4v) is 5.51. The molecule has 0 spiro atoms. The van der Waals surface area contributed by atoms with Crippen LogP contribution >= 0.6 is 22.7 Å². The Bertz CT molecular complexity index is 1830. The molecule has 0 saturated carbocycles. The molecule has 0 atom stereocenters. The van der Waals surface area contributed by atoms with E-state index in [1.165, 1.54) is 15.9 Å². The minimum absolute atomic E-state index is 0.202. The molecule has 0 aliphatic rings. The van der Waals surface area contributed by atoms with E-state index in [0.29, 0.717) is 21.9 Å². The zero-order chi connectivity index (χ0) is 25.9. The Morgan fingerprint density at radius 2 is 1.89 bits per heavy atom. The molecule has 0 radical (unpaired) electrons. The number of thiazole rings is 1. The smallest absolute Gasteiger partial charge is 0.291 e. The molecule has 4 aromatic heterocycles. The summed E-state index contributed by atoms with van der Waals surface area (Å²) in [5.41, 5.74) is 3.22. The van der Waals surface area contributed by atoms with Crippen LogP contribution in [-0.4, -0.2) is 31.0 Å². The Hall–Kier alpha value is -4.34. The van der Waals surface area contributed by atoms with Crippen LogP contribution in [0.4, 0.5) is 0 Å². The van der Waals surface area contributed by atoms with Crippen molar-refractivity contribution in [1.29, 1.82) is 0 Å². The largest absolute Gasteiger partial charge is 0.494 e. The van der Waals surface area contributed by atoms with Crippen molar-refractivity contribution < 1.29 is 4.74 Å². The van der Waals surface area contributed by atoms with Gasteiger partial charge >= 0.3 is 0 Å². The van der Waals surface area contributed by atoms with Crippen LogP contribution in [0.5, 0.6) is 5.75 Å². The lowest BCUT2D eigenvalue weighted by Gasteiger charge is -2.06. The van der Waals surface area contributed by atoms with E-state index < -0.39 is 0 Å². The number of fused-ring (bicyclic) bond motifs is 1. The number of rotatable bonds is 8. The molecule has 6 aromatic rings. The SMILES string of the molecule is CCCOc1cccc(-c2nn(-c3ccccc3)cc2/C=c2\sc3nc(/C=C/c4cccs4)nn3c2=O)c1. The summed E-state index contributed by atoms with van der Waals surface area (Å²) in [6, 6.07) is 21.8. The maximum absolute atomic E-state index is 13.2. The fraction of sp³-hybridized carbons (Fsp3) is 0.103. The van der Waals surface area contributed by atoms with Gasteiger partial charge in [0.05, 0.1) is 16.8 Å². The molecule has 0 aliphatic carbocycles. The van der Waals surface area contributed by atoms with Gasteiger partial charge in [-0.2, -0.15) is 14.6 Å².